The van der Waals surface area contributed by atoms with Gasteiger partial charge in [-0.05, 0) is 66.1 Å². The number of halogens is 2. The molecule has 3 aromatic rings. The van der Waals surface area contributed by atoms with Crippen LogP contribution in [-0.2, 0) is 17.9 Å². The molecule has 0 aliphatic rings. The lowest BCUT2D eigenvalue weighted by Crippen LogP contribution is -2.23. The molecule has 180 valence electrons. The van der Waals surface area contributed by atoms with Crippen LogP contribution >= 0.6 is 23.2 Å². The van der Waals surface area contributed by atoms with Crippen LogP contribution in [0.5, 0.6) is 17.2 Å². The van der Waals surface area contributed by atoms with Gasteiger partial charge in [0.05, 0.1) is 18.7 Å². The van der Waals surface area contributed by atoms with Crippen molar-refractivity contribution < 1.29 is 19.0 Å². The number of rotatable bonds is 10. The summed E-state index contributed by atoms with van der Waals surface area (Å²) in [6.07, 6.45) is 1.46. The number of nitrogens with one attached hydrogen (secondary N) is 1. The SMILES string of the molecule is CCOc1cc(/C=C(/C#N)C(=O)NCc2ccc(OC)cc2)cc(Cl)c1OCc1ccc(Cl)cc1. The van der Waals surface area contributed by atoms with E-state index in [-0.39, 0.29) is 18.7 Å². The van der Waals surface area contributed by atoms with E-state index in [0.717, 1.165) is 16.9 Å². The maximum atomic E-state index is 12.6. The standard InChI is InChI=1S/C27H24Cl2N2O4/c1-3-34-25-14-20(13-24(29)26(25)35-17-19-4-8-22(28)9-5-19)12-21(15-30)27(32)31-16-18-6-10-23(33-2)11-7-18/h4-14H,3,16-17H2,1-2H3,(H,31,32)/b21-12-. The van der Waals surface area contributed by atoms with Crippen LogP contribution in [0.25, 0.3) is 6.08 Å². The van der Waals surface area contributed by atoms with Crippen LogP contribution in [-0.4, -0.2) is 19.6 Å². The molecule has 0 fully saturated rings. The number of nitriles is 1. The molecule has 0 bridgehead atoms. The van der Waals surface area contributed by atoms with Crippen LogP contribution in [0.15, 0.2) is 66.2 Å². The minimum Gasteiger partial charge on any atom is -0.497 e. The number of ether oxygens (including phenoxy) is 3. The molecule has 3 aromatic carbocycles. The Bertz CT molecular complexity index is 1230. The zero-order valence-corrected chi connectivity index (χ0v) is 20.8. The second-order valence-corrected chi connectivity index (χ2v) is 8.22. The van der Waals surface area contributed by atoms with Crippen LogP contribution < -0.4 is 19.5 Å². The predicted octanol–water partition coefficient (Wildman–Crippen LogP) is 6.20. The van der Waals surface area contributed by atoms with Gasteiger partial charge in [-0.1, -0.05) is 47.5 Å². The lowest BCUT2D eigenvalue weighted by molar-refractivity contribution is -0.117. The second-order valence-electron chi connectivity index (χ2n) is 7.38. The fourth-order valence-corrected chi connectivity index (χ4v) is 3.55. The number of nitrogens with zero attached hydrogens (tertiary/aromatic N) is 1. The van der Waals surface area contributed by atoms with Crippen LogP contribution in [0.2, 0.25) is 10.0 Å². The van der Waals surface area contributed by atoms with Crippen molar-refractivity contribution in [2.45, 2.75) is 20.1 Å². The fourth-order valence-electron chi connectivity index (χ4n) is 3.15. The first kappa shape index (κ1) is 26.0. The van der Waals surface area contributed by atoms with Crippen molar-refractivity contribution in [3.63, 3.8) is 0 Å². The van der Waals surface area contributed by atoms with Crippen molar-refractivity contribution >= 4 is 35.2 Å². The van der Waals surface area contributed by atoms with E-state index in [9.17, 15) is 10.1 Å². The molecule has 0 atom stereocenters. The van der Waals surface area contributed by atoms with Gasteiger partial charge in [-0.25, -0.2) is 0 Å². The number of benzene rings is 3. The third kappa shape index (κ3) is 7.41. The summed E-state index contributed by atoms with van der Waals surface area (Å²) in [5.41, 5.74) is 2.26. The van der Waals surface area contributed by atoms with Gasteiger partial charge in [-0.3, -0.25) is 4.79 Å². The van der Waals surface area contributed by atoms with Crippen molar-refractivity contribution in [2.24, 2.45) is 0 Å². The summed E-state index contributed by atoms with van der Waals surface area (Å²) >= 11 is 12.4. The molecule has 0 saturated carbocycles. The van der Waals surface area contributed by atoms with Crippen LogP contribution in [0.4, 0.5) is 0 Å². The molecule has 1 N–H and O–H groups in total. The quantitative estimate of drug-likeness (QED) is 0.259. The summed E-state index contributed by atoms with van der Waals surface area (Å²) < 4.78 is 16.8. The molecular formula is C27H24Cl2N2O4. The number of hydrogen-bond donors (Lipinski definition) is 1. The van der Waals surface area contributed by atoms with Crippen molar-refractivity contribution in [2.75, 3.05) is 13.7 Å². The van der Waals surface area contributed by atoms with Crippen LogP contribution in [0, 0.1) is 11.3 Å². The Morgan fingerprint density at radius 3 is 2.34 bits per heavy atom. The summed E-state index contributed by atoms with van der Waals surface area (Å²) in [5, 5.41) is 13.2. The van der Waals surface area contributed by atoms with Crippen molar-refractivity contribution in [1.82, 2.24) is 5.32 Å². The van der Waals surface area contributed by atoms with Gasteiger partial charge in [-0.2, -0.15) is 5.26 Å². The molecule has 0 unspecified atom stereocenters. The maximum Gasteiger partial charge on any atom is 0.262 e. The zero-order valence-electron chi connectivity index (χ0n) is 19.3. The van der Waals surface area contributed by atoms with Gasteiger partial charge in [0.2, 0.25) is 0 Å². The number of carbonyl (C=O) groups excluding carboxylic acids is 1. The molecule has 0 aromatic heterocycles. The minimum atomic E-state index is -0.500. The highest BCUT2D eigenvalue weighted by Gasteiger charge is 2.15. The Morgan fingerprint density at radius 1 is 1.03 bits per heavy atom. The lowest BCUT2D eigenvalue weighted by atomic mass is 10.1. The number of carbonyl (C=O) groups is 1. The van der Waals surface area contributed by atoms with Gasteiger partial charge in [0.25, 0.3) is 5.91 Å². The predicted molar refractivity (Wildman–Crippen MR) is 137 cm³/mol. The molecule has 6 nitrogen and oxygen atoms in total. The second kappa shape index (κ2) is 12.7. The Kier molecular flexibility index (Phi) is 9.42. The van der Waals surface area contributed by atoms with Gasteiger partial charge in [0.1, 0.15) is 24.0 Å². The average Bonchev–Trinajstić information content (AvgIpc) is 2.87. The molecule has 0 heterocycles. The third-order valence-electron chi connectivity index (χ3n) is 4.92. The topological polar surface area (TPSA) is 80.6 Å². The molecule has 3 rings (SSSR count). The van der Waals surface area contributed by atoms with Gasteiger partial charge in [0, 0.05) is 11.6 Å². The number of hydrogen-bond acceptors (Lipinski definition) is 5. The minimum absolute atomic E-state index is 0.0631. The molecule has 0 aliphatic heterocycles. The van der Waals surface area contributed by atoms with Gasteiger partial charge in [-0.15, -0.1) is 0 Å². The highest BCUT2D eigenvalue weighted by molar-refractivity contribution is 6.32. The van der Waals surface area contributed by atoms with Gasteiger partial charge in [0.15, 0.2) is 11.5 Å². The fraction of sp³-hybridized carbons (Fsp3) is 0.185. The molecule has 0 aliphatic carbocycles. The monoisotopic (exact) mass is 510 g/mol. The van der Waals surface area contributed by atoms with E-state index in [1.54, 1.807) is 43.5 Å². The molecule has 0 saturated heterocycles. The van der Waals surface area contributed by atoms with Gasteiger partial charge < -0.3 is 19.5 Å². The highest BCUT2D eigenvalue weighted by Crippen LogP contribution is 2.38. The normalized spacial score (nSPS) is 10.9. The van der Waals surface area contributed by atoms with E-state index < -0.39 is 5.91 Å². The van der Waals surface area contributed by atoms with Crippen molar-refractivity contribution in [1.29, 1.82) is 5.26 Å². The van der Waals surface area contributed by atoms with Crippen molar-refractivity contribution in [3.05, 3.63) is 93.0 Å². The van der Waals surface area contributed by atoms with Crippen LogP contribution in [0.1, 0.15) is 23.6 Å². The summed E-state index contributed by atoms with van der Waals surface area (Å²) in [5.74, 6) is 1.01. The summed E-state index contributed by atoms with van der Waals surface area (Å²) in [7, 11) is 1.59. The van der Waals surface area contributed by atoms with E-state index in [4.69, 9.17) is 37.4 Å². The molecule has 8 heteroatoms. The van der Waals surface area contributed by atoms with E-state index in [1.165, 1.54) is 6.08 Å². The molecular weight excluding hydrogens is 487 g/mol. The molecule has 35 heavy (non-hydrogen) atoms. The van der Waals surface area contributed by atoms with E-state index in [1.807, 2.05) is 37.3 Å². The van der Waals surface area contributed by atoms with Crippen LogP contribution in [0.3, 0.4) is 0 Å². The Morgan fingerprint density at radius 2 is 1.71 bits per heavy atom. The lowest BCUT2D eigenvalue weighted by Gasteiger charge is -2.15. The number of amides is 1. The third-order valence-corrected chi connectivity index (χ3v) is 5.45. The van der Waals surface area contributed by atoms with Gasteiger partial charge >= 0.3 is 0 Å². The Labute approximate surface area is 214 Å². The first-order valence-corrected chi connectivity index (χ1v) is 11.6. The van der Waals surface area contributed by atoms with E-state index >= 15 is 0 Å². The Balaban J connectivity index is 1.75. The largest absolute Gasteiger partial charge is 0.497 e. The molecule has 0 spiro atoms. The summed E-state index contributed by atoms with van der Waals surface area (Å²) in [4.78, 5) is 12.6. The number of methoxy groups -OCH3 is 1. The van der Waals surface area contributed by atoms with E-state index in [0.29, 0.717) is 33.7 Å². The smallest absolute Gasteiger partial charge is 0.262 e. The zero-order chi connectivity index (χ0) is 25.2. The summed E-state index contributed by atoms with van der Waals surface area (Å²) in [6, 6.07) is 19.8. The first-order chi connectivity index (χ1) is 16.9. The highest BCUT2D eigenvalue weighted by atomic mass is 35.5. The first-order valence-electron chi connectivity index (χ1n) is 10.8. The Hall–Kier alpha value is -3.66. The summed E-state index contributed by atoms with van der Waals surface area (Å²) in [6.45, 7) is 2.76. The molecule has 1 amide bonds. The van der Waals surface area contributed by atoms with E-state index in [2.05, 4.69) is 5.32 Å². The van der Waals surface area contributed by atoms with Crippen molar-refractivity contribution in [3.8, 4) is 23.3 Å². The average molecular weight is 511 g/mol. The maximum absolute atomic E-state index is 12.6. The molecule has 0 radical (unpaired) electrons.